The smallest absolute Gasteiger partial charge is 0.212 e. The Morgan fingerprint density at radius 3 is 3.00 bits per heavy atom. The molecule has 0 amide bonds. The van der Waals surface area contributed by atoms with Crippen molar-refractivity contribution in [3.8, 4) is 0 Å². The zero-order chi connectivity index (χ0) is 13.7. The third-order valence-corrected chi connectivity index (χ3v) is 5.04. The Balaban J connectivity index is 1.67. The van der Waals surface area contributed by atoms with E-state index in [4.69, 9.17) is 16.0 Å². The maximum Gasteiger partial charge on any atom is 0.212 e. The summed E-state index contributed by atoms with van der Waals surface area (Å²) in [5, 5.41) is 4.44. The van der Waals surface area contributed by atoms with E-state index in [-0.39, 0.29) is 6.04 Å². The molecule has 4 rings (SSSR count). The number of hydrogen-bond acceptors (Lipinski definition) is 3. The zero-order valence-corrected chi connectivity index (χ0v) is 12.4. The van der Waals surface area contributed by atoms with Gasteiger partial charge in [0.15, 0.2) is 5.58 Å². The van der Waals surface area contributed by atoms with Crippen molar-refractivity contribution >= 4 is 22.7 Å². The van der Waals surface area contributed by atoms with E-state index in [1.54, 1.807) is 0 Å². The second kappa shape index (κ2) is 4.74. The molecule has 2 fully saturated rings. The Bertz CT molecular complexity index is 637. The van der Waals surface area contributed by atoms with E-state index < -0.39 is 0 Å². The van der Waals surface area contributed by atoms with Crippen LogP contribution in [0.15, 0.2) is 16.5 Å². The maximum atomic E-state index is 6.10. The summed E-state index contributed by atoms with van der Waals surface area (Å²) in [6.45, 7) is 2.02. The van der Waals surface area contributed by atoms with Gasteiger partial charge >= 0.3 is 0 Å². The Labute approximate surface area is 123 Å². The first-order valence-corrected chi connectivity index (χ1v) is 7.91. The number of nitrogens with zero attached hydrogens (tertiary/aromatic N) is 1. The van der Waals surface area contributed by atoms with Gasteiger partial charge in [-0.1, -0.05) is 24.4 Å². The fraction of sp³-hybridized carbons (Fsp3) is 0.562. The Kier molecular flexibility index (Phi) is 3.00. The molecule has 1 aliphatic heterocycles. The number of nitrogens with one attached hydrogen (secondary N) is 1. The van der Waals surface area contributed by atoms with Gasteiger partial charge in [0, 0.05) is 11.1 Å². The number of oxazole rings is 1. The molecule has 3 unspecified atom stereocenters. The molecule has 0 radical (unpaired) electrons. The number of fused-ring (bicyclic) bond motifs is 2. The zero-order valence-electron chi connectivity index (χ0n) is 11.7. The van der Waals surface area contributed by atoms with Gasteiger partial charge in [0.2, 0.25) is 5.89 Å². The van der Waals surface area contributed by atoms with E-state index in [1.165, 1.54) is 25.7 Å². The molecule has 20 heavy (non-hydrogen) atoms. The van der Waals surface area contributed by atoms with Gasteiger partial charge in [-0.2, -0.15) is 0 Å². The van der Waals surface area contributed by atoms with E-state index in [1.807, 2.05) is 19.1 Å². The summed E-state index contributed by atoms with van der Waals surface area (Å²) in [5.74, 6) is 1.63. The standard InChI is InChI=1S/C16H19ClN2O/c1-9-6-11(17)8-13-15(9)20-16(19-13)14-7-10-4-2-3-5-12(10)18-14/h6,8,10,12,14,18H,2-5,7H2,1H3. The summed E-state index contributed by atoms with van der Waals surface area (Å²) in [5.41, 5.74) is 2.81. The van der Waals surface area contributed by atoms with E-state index in [9.17, 15) is 0 Å². The van der Waals surface area contributed by atoms with Crippen molar-refractivity contribution in [2.45, 2.75) is 51.1 Å². The Hall–Kier alpha value is -1.06. The van der Waals surface area contributed by atoms with Gasteiger partial charge in [-0.15, -0.1) is 0 Å². The molecule has 0 spiro atoms. The number of halogens is 1. The van der Waals surface area contributed by atoms with Crippen molar-refractivity contribution in [3.05, 3.63) is 28.6 Å². The molecular weight excluding hydrogens is 272 g/mol. The minimum absolute atomic E-state index is 0.272. The molecule has 1 N–H and O–H groups in total. The lowest BCUT2D eigenvalue weighted by molar-refractivity contribution is 0.325. The minimum atomic E-state index is 0.272. The topological polar surface area (TPSA) is 38.1 Å². The van der Waals surface area contributed by atoms with Gasteiger partial charge in [0.05, 0.1) is 6.04 Å². The van der Waals surface area contributed by atoms with E-state index in [0.717, 1.165) is 39.9 Å². The molecule has 1 aromatic carbocycles. The lowest BCUT2D eigenvalue weighted by Crippen LogP contribution is -2.30. The molecular formula is C16H19ClN2O. The number of rotatable bonds is 1. The van der Waals surface area contributed by atoms with Gasteiger partial charge in [-0.3, -0.25) is 0 Å². The lowest BCUT2D eigenvalue weighted by atomic mass is 9.85. The molecule has 1 aromatic heterocycles. The average Bonchev–Trinajstić information content (AvgIpc) is 3.01. The Morgan fingerprint density at radius 1 is 1.30 bits per heavy atom. The van der Waals surface area contributed by atoms with Crippen molar-refractivity contribution in [2.75, 3.05) is 0 Å². The largest absolute Gasteiger partial charge is 0.439 e. The first-order valence-electron chi connectivity index (χ1n) is 7.53. The fourth-order valence-corrected chi connectivity index (χ4v) is 4.10. The van der Waals surface area contributed by atoms with Crippen LogP contribution in [0, 0.1) is 12.8 Å². The summed E-state index contributed by atoms with van der Waals surface area (Å²) in [4.78, 5) is 4.66. The van der Waals surface area contributed by atoms with Crippen LogP contribution in [-0.2, 0) is 0 Å². The molecule has 1 saturated heterocycles. The third-order valence-electron chi connectivity index (χ3n) is 4.82. The van der Waals surface area contributed by atoms with Crippen LogP contribution >= 0.6 is 11.6 Å². The van der Waals surface area contributed by atoms with E-state index in [2.05, 4.69) is 10.3 Å². The van der Waals surface area contributed by atoms with Crippen LogP contribution in [0.1, 0.15) is 49.6 Å². The van der Waals surface area contributed by atoms with Gasteiger partial charge in [-0.05, 0) is 49.8 Å². The predicted octanol–water partition coefficient (Wildman–Crippen LogP) is 4.38. The van der Waals surface area contributed by atoms with E-state index >= 15 is 0 Å². The van der Waals surface area contributed by atoms with Crippen LogP contribution in [0.5, 0.6) is 0 Å². The SMILES string of the molecule is Cc1cc(Cl)cc2nc(C3CC4CCCCC4N3)oc12. The first kappa shape index (κ1) is 12.7. The van der Waals surface area contributed by atoms with Gasteiger partial charge < -0.3 is 9.73 Å². The quantitative estimate of drug-likeness (QED) is 0.847. The molecule has 2 heterocycles. The van der Waals surface area contributed by atoms with Crippen molar-refractivity contribution in [1.82, 2.24) is 10.3 Å². The molecule has 2 aromatic rings. The highest BCUT2D eigenvalue weighted by Crippen LogP contribution is 2.39. The van der Waals surface area contributed by atoms with Gasteiger partial charge in [0.25, 0.3) is 0 Å². The van der Waals surface area contributed by atoms with Crippen LogP contribution in [-0.4, -0.2) is 11.0 Å². The van der Waals surface area contributed by atoms with Gasteiger partial charge in [-0.25, -0.2) is 4.98 Å². The molecule has 3 atom stereocenters. The highest BCUT2D eigenvalue weighted by molar-refractivity contribution is 6.31. The summed E-state index contributed by atoms with van der Waals surface area (Å²) < 4.78 is 6.01. The average molecular weight is 291 g/mol. The second-order valence-corrected chi connectivity index (χ2v) is 6.67. The molecule has 1 saturated carbocycles. The monoisotopic (exact) mass is 290 g/mol. The number of aryl methyl sites for hydroxylation is 1. The normalized spacial score (nSPS) is 29.8. The van der Waals surface area contributed by atoms with Crippen LogP contribution in [0.3, 0.4) is 0 Å². The number of aromatic nitrogens is 1. The summed E-state index contributed by atoms with van der Waals surface area (Å²) in [6.07, 6.45) is 6.52. The highest BCUT2D eigenvalue weighted by Gasteiger charge is 2.37. The number of hydrogen-bond donors (Lipinski definition) is 1. The van der Waals surface area contributed by atoms with Crippen molar-refractivity contribution < 1.29 is 4.42 Å². The molecule has 1 aliphatic carbocycles. The molecule has 2 aliphatic rings. The highest BCUT2D eigenvalue weighted by atomic mass is 35.5. The summed E-state index contributed by atoms with van der Waals surface area (Å²) in [6, 6.07) is 4.75. The molecule has 0 bridgehead atoms. The van der Waals surface area contributed by atoms with Crippen molar-refractivity contribution in [2.24, 2.45) is 5.92 Å². The Morgan fingerprint density at radius 2 is 2.15 bits per heavy atom. The van der Waals surface area contributed by atoms with Crippen LogP contribution in [0.25, 0.3) is 11.1 Å². The lowest BCUT2D eigenvalue weighted by Gasteiger charge is -2.24. The maximum absolute atomic E-state index is 6.10. The van der Waals surface area contributed by atoms with Crippen LogP contribution in [0.4, 0.5) is 0 Å². The molecule has 3 nitrogen and oxygen atoms in total. The fourth-order valence-electron chi connectivity index (χ4n) is 3.83. The second-order valence-electron chi connectivity index (χ2n) is 6.23. The van der Waals surface area contributed by atoms with Crippen molar-refractivity contribution in [3.63, 3.8) is 0 Å². The molecule has 106 valence electrons. The summed E-state index contributed by atoms with van der Waals surface area (Å²) in [7, 11) is 0. The minimum Gasteiger partial charge on any atom is -0.439 e. The molecule has 4 heteroatoms. The third kappa shape index (κ3) is 2.04. The first-order chi connectivity index (χ1) is 9.70. The van der Waals surface area contributed by atoms with Crippen molar-refractivity contribution in [1.29, 1.82) is 0 Å². The van der Waals surface area contributed by atoms with Crippen LogP contribution < -0.4 is 5.32 Å². The summed E-state index contributed by atoms with van der Waals surface area (Å²) >= 11 is 6.10. The predicted molar refractivity (Wildman–Crippen MR) is 80.0 cm³/mol. The number of benzene rings is 1. The van der Waals surface area contributed by atoms with E-state index in [0.29, 0.717) is 6.04 Å². The van der Waals surface area contributed by atoms with Crippen LogP contribution in [0.2, 0.25) is 5.02 Å². The van der Waals surface area contributed by atoms with Gasteiger partial charge in [0.1, 0.15) is 5.52 Å².